The lowest BCUT2D eigenvalue weighted by Gasteiger charge is -2.11. The molecule has 0 saturated heterocycles. The van der Waals surface area contributed by atoms with E-state index in [1.165, 1.54) is 18.2 Å². The summed E-state index contributed by atoms with van der Waals surface area (Å²) in [4.78, 5) is 12.3. The minimum Gasteiger partial charge on any atom is -0.504 e. The molecular weight excluding hydrogens is 260 g/mol. The van der Waals surface area contributed by atoms with E-state index < -0.39 is 6.10 Å². The molecule has 0 spiro atoms. The summed E-state index contributed by atoms with van der Waals surface area (Å²) in [5, 5.41) is 28.7. The average Bonchev–Trinajstić information content (AvgIpc) is 2.75. The number of hydrogen-bond acceptors (Lipinski definition) is 5. The molecule has 0 fully saturated rings. The molecule has 0 radical (unpaired) electrons. The molecule has 1 aliphatic rings. The first-order valence-corrected chi connectivity index (χ1v) is 6.04. The summed E-state index contributed by atoms with van der Waals surface area (Å²) in [5.74, 6) is -0.778. The number of rotatable bonds is 1. The lowest BCUT2D eigenvalue weighted by molar-refractivity contribution is 0.0856. The van der Waals surface area contributed by atoms with Crippen LogP contribution in [0.2, 0.25) is 0 Å². The normalized spacial score (nSPS) is 16.9. The molecule has 0 aromatic heterocycles. The van der Waals surface area contributed by atoms with Crippen LogP contribution in [0.3, 0.4) is 0 Å². The van der Waals surface area contributed by atoms with Gasteiger partial charge in [0.2, 0.25) is 5.78 Å². The van der Waals surface area contributed by atoms with Crippen molar-refractivity contribution in [3.63, 3.8) is 0 Å². The van der Waals surface area contributed by atoms with Gasteiger partial charge in [-0.05, 0) is 30.7 Å². The fourth-order valence-electron chi connectivity index (χ4n) is 2.22. The summed E-state index contributed by atoms with van der Waals surface area (Å²) in [7, 11) is 0. The van der Waals surface area contributed by atoms with E-state index in [1.807, 2.05) is 0 Å². The van der Waals surface area contributed by atoms with Crippen molar-refractivity contribution < 1.29 is 24.9 Å². The van der Waals surface area contributed by atoms with Gasteiger partial charge in [-0.1, -0.05) is 12.1 Å². The van der Waals surface area contributed by atoms with Crippen LogP contribution < -0.4 is 4.74 Å². The second-order valence-electron chi connectivity index (χ2n) is 4.72. The van der Waals surface area contributed by atoms with E-state index in [4.69, 9.17) is 4.74 Å². The molecule has 2 aromatic rings. The summed E-state index contributed by atoms with van der Waals surface area (Å²) in [6.45, 7) is 1.71. The molecule has 1 heterocycles. The highest BCUT2D eigenvalue weighted by Crippen LogP contribution is 2.44. The Morgan fingerprint density at radius 3 is 2.50 bits per heavy atom. The molecule has 1 atom stereocenters. The first-order valence-electron chi connectivity index (χ1n) is 6.04. The van der Waals surface area contributed by atoms with Crippen molar-refractivity contribution in [2.45, 2.75) is 13.0 Å². The van der Waals surface area contributed by atoms with Gasteiger partial charge in [-0.15, -0.1) is 0 Å². The van der Waals surface area contributed by atoms with Crippen LogP contribution in [0.4, 0.5) is 0 Å². The second kappa shape index (κ2) is 4.16. The minimum absolute atomic E-state index is 0.0543. The van der Waals surface area contributed by atoms with Gasteiger partial charge in [-0.3, -0.25) is 4.79 Å². The molecule has 0 unspecified atom stereocenters. The third-order valence-electron chi connectivity index (χ3n) is 3.37. The molecule has 1 aliphatic heterocycles. The third kappa shape index (κ3) is 1.67. The highest BCUT2D eigenvalue weighted by atomic mass is 16.5. The van der Waals surface area contributed by atoms with Crippen molar-refractivity contribution in [3.8, 4) is 23.0 Å². The summed E-state index contributed by atoms with van der Waals surface area (Å²) in [6.07, 6.45) is -0.927. The summed E-state index contributed by atoms with van der Waals surface area (Å²) in [5.41, 5.74) is 1.34. The number of ether oxygens (including phenoxy) is 1. The summed E-state index contributed by atoms with van der Waals surface area (Å²) >= 11 is 0. The maximum atomic E-state index is 12.3. The van der Waals surface area contributed by atoms with E-state index in [2.05, 4.69) is 0 Å². The molecule has 3 N–H and O–H groups in total. The molecule has 20 heavy (non-hydrogen) atoms. The monoisotopic (exact) mass is 272 g/mol. The van der Waals surface area contributed by atoms with Crippen molar-refractivity contribution in [3.05, 3.63) is 47.0 Å². The molecule has 0 amide bonds. The molecule has 5 nitrogen and oxygen atoms in total. The van der Waals surface area contributed by atoms with Crippen LogP contribution in [-0.4, -0.2) is 21.1 Å². The van der Waals surface area contributed by atoms with Crippen LogP contribution in [0.5, 0.6) is 23.0 Å². The van der Waals surface area contributed by atoms with Gasteiger partial charge in [0.15, 0.2) is 29.1 Å². The molecule has 2 aromatic carbocycles. The van der Waals surface area contributed by atoms with Crippen LogP contribution in [-0.2, 0) is 0 Å². The number of carbonyl (C=O) groups excluding carboxylic acids is 1. The van der Waals surface area contributed by atoms with Crippen molar-refractivity contribution in [1.29, 1.82) is 0 Å². The van der Waals surface area contributed by atoms with Gasteiger partial charge in [0.1, 0.15) is 0 Å². The number of benzene rings is 2. The molecule has 3 rings (SSSR count). The maximum Gasteiger partial charge on any atom is 0.211 e. The van der Waals surface area contributed by atoms with E-state index in [-0.39, 0.29) is 28.8 Å². The Balaban J connectivity index is 2.05. The van der Waals surface area contributed by atoms with E-state index in [9.17, 15) is 20.1 Å². The van der Waals surface area contributed by atoms with Gasteiger partial charge >= 0.3 is 0 Å². The lowest BCUT2D eigenvalue weighted by Crippen LogP contribution is -2.10. The number of fused-ring (bicyclic) bond motifs is 1. The number of carbonyl (C=O) groups is 1. The number of hydrogen-bond donors (Lipinski definition) is 3. The van der Waals surface area contributed by atoms with Crippen molar-refractivity contribution in [1.82, 2.24) is 0 Å². The largest absolute Gasteiger partial charge is 0.504 e. The predicted molar refractivity (Wildman–Crippen MR) is 70.3 cm³/mol. The number of phenolic OH excluding ortho intramolecular Hbond substituents is 3. The fourth-order valence-corrected chi connectivity index (χ4v) is 2.22. The standard InChI is InChI=1S/C15H12O5/c1-7-2-4-9-13(19)14(20-15(9)12(7)18)8-3-5-10(16)11(17)6-8/h2-6,14,16-18H,1H3/t14-/m1/s1. The van der Waals surface area contributed by atoms with E-state index in [1.54, 1.807) is 19.1 Å². The zero-order valence-corrected chi connectivity index (χ0v) is 10.6. The SMILES string of the molecule is Cc1ccc2c(c1O)O[C@H](c1ccc(O)c(O)c1)C2=O. The van der Waals surface area contributed by atoms with Crippen LogP contribution >= 0.6 is 0 Å². The zero-order chi connectivity index (χ0) is 14.4. The van der Waals surface area contributed by atoms with Crippen LogP contribution in [0.25, 0.3) is 0 Å². The second-order valence-corrected chi connectivity index (χ2v) is 4.72. The van der Waals surface area contributed by atoms with E-state index in [0.29, 0.717) is 16.7 Å². The smallest absolute Gasteiger partial charge is 0.211 e. The number of aromatic hydroxyl groups is 3. The predicted octanol–water partition coefficient (Wildman–Crippen LogP) is 2.43. The van der Waals surface area contributed by atoms with Crippen LogP contribution in [0.15, 0.2) is 30.3 Å². The molecule has 0 aliphatic carbocycles. The third-order valence-corrected chi connectivity index (χ3v) is 3.37. The van der Waals surface area contributed by atoms with Gasteiger partial charge < -0.3 is 20.1 Å². The van der Waals surface area contributed by atoms with Crippen molar-refractivity contribution >= 4 is 5.78 Å². The Hall–Kier alpha value is -2.69. The van der Waals surface area contributed by atoms with E-state index >= 15 is 0 Å². The molecule has 0 saturated carbocycles. The van der Waals surface area contributed by atoms with Crippen LogP contribution in [0, 0.1) is 6.92 Å². The highest BCUT2D eigenvalue weighted by Gasteiger charge is 2.36. The Morgan fingerprint density at radius 1 is 1.05 bits per heavy atom. The van der Waals surface area contributed by atoms with Crippen molar-refractivity contribution in [2.24, 2.45) is 0 Å². The molecule has 102 valence electrons. The topological polar surface area (TPSA) is 87.0 Å². The van der Waals surface area contributed by atoms with Gasteiger partial charge in [0.25, 0.3) is 0 Å². The first-order chi connectivity index (χ1) is 9.49. The quantitative estimate of drug-likeness (QED) is 0.694. The van der Waals surface area contributed by atoms with Crippen LogP contribution in [0.1, 0.15) is 27.6 Å². The van der Waals surface area contributed by atoms with Gasteiger partial charge in [0.05, 0.1) is 5.56 Å². The van der Waals surface area contributed by atoms with E-state index in [0.717, 1.165) is 0 Å². The summed E-state index contributed by atoms with van der Waals surface area (Å²) in [6, 6.07) is 7.30. The minimum atomic E-state index is -0.927. The van der Waals surface area contributed by atoms with Gasteiger partial charge in [0, 0.05) is 5.56 Å². The Kier molecular flexibility index (Phi) is 2.57. The zero-order valence-electron chi connectivity index (χ0n) is 10.6. The van der Waals surface area contributed by atoms with Gasteiger partial charge in [-0.25, -0.2) is 0 Å². The average molecular weight is 272 g/mol. The number of phenols is 3. The first kappa shape index (κ1) is 12.3. The molecule has 0 bridgehead atoms. The van der Waals surface area contributed by atoms with Gasteiger partial charge in [-0.2, -0.15) is 0 Å². The molecule has 5 heteroatoms. The fraction of sp³-hybridized carbons (Fsp3) is 0.133. The lowest BCUT2D eigenvalue weighted by atomic mass is 10.0. The molecular formula is C15H12O5. The Bertz CT molecular complexity index is 720. The Labute approximate surface area is 114 Å². The summed E-state index contributed by atoms with van der Waals surface area (Å²) < 4.78 is 5.52. The maximum absolute atomic E-state index is 12.3. The number of Topliss-reactive ketones (excluding diaryl/α,β-unsaturated/α-hetero) is 1. The number of ketones is 1. The van der Waals surface area contributed by atoms with Crippen molar-refractivity contribution in [2.75, 3.05) is 0 Å². The highest BCUT2D eigenvalue weighted by molar-refractivity contribution is 6.06. The Morgan fingerprint density at radius 2 is 1.80 bits per heavy atom. The number of aryl methyl sites for hydroxylation is 1.